The molecule has 0 N–H and O–H groups in total. The summed E-state index contributed by atoms with van der Waals surface area (Å²) in [5, 5.41) is 0. The number of hydrogen-bond acceptors (Lipinski definition) is 2. The Labute approximate surface area is 88.3 Å². The SMILES string of the molecule is CC(C)(S)CC(C)(C)C(C)(C)S. The van der Waals surface area contributed by atoms with Crippen LogP contribution in [0.3, 0.4) is 0 Å². The van der Waals surface area contributed by atoms with Gasteiger partial charge in [0.25, 0.3) is 0 Å². The van der Waals surface area contributed by atoms with E-state index in [1.54, 1.807) is 0 Å². The van der Waals surface area contributed by atoms with Gasteiger partial charge in [0.2, 0.25) is 0 Å². The quantitative estimate of drug-likeness (QED) is 0.644. The van der Waals surface area contributed by atoms with Crippen LogP contribution in [0.2, 0.25) is 0 Å². The molecule has 0 unspecified atom stereocenters. The molecular formula is C10H22S2. The maximum Gasteiger partial charge on any atom is 0.0125 e. The summed E-state index contributed by atoms with van der Waals surface area (Å²) in [7, 11) is 0. The number of hydrogen-bond donors (Lipinski definition) is 2. The Bertz CT molecular complexity index is 146. The zero-order valence-corrected chi connectivity index (χ0v) is 10.9. The van der Waals surface area contributed by atoms with Gasteiger partial charge in [-0.15, -0.1) is 0 Å². The van der Waals surface area contributed by atoms with Crippen LogP contribution >= 0.6 is 25.3 Å². The van der Waals surface area contributed by atoms with Crippen molar-refractivity contribution in [2.75, 3.05) is 0 Å². The van der Waals surface area contributed by atoms with Crippen molar-refractivity contribution in [3.63, 3.8) is 0 Å². The van der Waals surface area contributed by atoms with Crippen LogP contribution in [0, 0.1) is 5.41 Å². The molecule has 0 spiro atoms. The monoisotopic (exact) mass is 206 g/mol. The number of thiol groups is 2. The molecule has 0 aromatic carbocycles. The normalized spacial score (nSPS) is 15.0. The Morgan fingerprint density at radius 2 is 1.17 bits per heavy atom. The van der Waals surface area contributed by atoms with Crippen molar-refractivity contribution in [2.24, 2.45) is 5.41 Å². The first-order valence-electron chi connectivity index (χ1n) is 4.40. The maximum atomic E-state index is 4.61. The van der Waals surface area contributed by atoms with E-state index in [-0.39, 0.29) is 14.9 Å². The minimum Gasteiger partial charge on any atom is -0.173 e. The van der Waals surface area contributed by atoms with E-state index in [1.807, 2.05) is 0 Å². The second-order valence-electron chi connectivity index (χ2n) is 5.43. The molecule has 0 heterocycles. The molecule has 0 amide bonds. The fourth-order valence-corrected chi connectivity index (χ4v) is 1.77. The van der Waals surface area contributed by atoms with Gasteiger partial charge in [-0.3, -0.25) is 0 Å². The Morgan fingerprint density at radius 1 is 0.833 bits per heavy atom. The zero-order valence-electron chi connectivity index (χ0n) is 9.10. The van der Waals surface area contributed by atoms with Crippen LogP contribution in [0.4, 0.5) is 0 Å². The van der Waals surface area contributed by atoms with Gasteiger partial charge >= 0.3 is 0 Å². The van der Waals surface area contributed by atoms with E-state index in [4.69, 9.17) is 0 Å². The van der Waals surface area contributed by atoms with Crippen LogP contribution in [0.25, 0.3) is 0 Å². The van der Waals surface area contributed by atoms with E-state index in [2.05, 4.69) is 66.8 Å². The first kappa shape index (κ1) is 12.7. The van der Waals surface area contributed by atoms with Crippen LogP contribution in [-0.2, 0) is 0 Å². The molecular weight excluding hydrogens is 184 g/mol. The lowest BCUT2D eigenvalue weighted by atomic mass is 9.74. The highest BCUT2D eigenvalue weighted by atomic mass is 32.1. The van der Waals surface area contributed by atoms with Crippen molar-refractivity contribution in [2.45, 2.75) is 57.5 Å². The molecule has 0 fully saturated rings. The van der Waals surface area contributed by atoms with Gasteiger partial charge in [-0.2, -0.15) is 25.3 Å². The number of rotatable bonds is 3. The molecule has 0 radical (unpaired) electrons. The van der Waals surface area contributed by atoms with Crippen molar-refractivity contribution in [1.82, 2.24) is 0 Å². The lowest BCUT2D eigenvalue weighted by molar-refractivity contribution is 0.241. The molecule has 12 heavy (non-hydrogen) atoms. The van der Waals surface area contributed by atoms with Crippen molar-refractivity contribution in [3.8, 4) is 0 Å². The molecule has 0 aliphatic heterocycles. The third-order valence-corrected chi connectivity index (χ3v) is 3.29. The molecule has 0 atom stereocenters. The van der Waals surface area contributed by atoms with Crippen LogP contribution in [0.1, 0.15) is 48.0 Å². The smallest absolute Gasteiger partial charge is 0.0125 e. The Hall–Kier alpha value is 0.700. The van der Waals surface area contributed by atoms with E-state index in [0.29, 0.717) is 0 Å². The largest absolute Gasteiger partial charge is 0.173 e. The predicted octanol–water partition coefficient (Wildman–Crippen LogP) is 3.82. The summed E-state index contributed by atoms with van der Waals surface area (Å²) in [5.74, 6) is 0. The summed E-state index contributed by atoms with van der Waals surface area (Å²) in [6.07, 6.45) is 1.07. The second-order valence-corrected chi connectivity index (χ2v) is 7.76. The van der Waals surface area contributed by atoms with E-state index < -0.39 is 0 Å². The topological polar surface area (TPSA) is 0 Å². The highest BCUT2D eigenvalue weighted by molar-refractivity contribution is 7.82. The van der Waals surface area contributed by atoms with Crippen molar-refractivity contribution in [3.05, 3.63) is 0 Å². The van der Waals surface area contributed by atoms with Gasteiger partial charge in [0.1, 0.15) is 0 Å². The minimum atomic E-state index is 0.0486. The summed E-state index contributed by atoms with van der Waals surface area (Å²) in [4.78, 5) is 0. The zero-order chi connectivity index (χ0) is 10.2. The van der Waals surface area contributed by atoms with Crippen molar-refractivity contribution in [1.29, 1.82) is 0 Å². The highest BCUT2D eigenvalue weighted by Gasteiger charge is 2.37. The van der Waals surface area contributed by atoms with Gasteiger partial charge in [0.05, 0.1) is 0 Å². The van der Waals surface area contributed by atoms with E-state index in [9.17, 15) is 0 Å². The van der Waals surface area contributed by atoms with Gasteiger partial charge in [0, 0.05) is 9.49 Å². The van der Waals surface area contributed by atoms with E-state index in [0.717, 1.165) is 6.42 Å². The van der Waals surface area contributed by atoms with Crippen molar-refractivity contribution >= 4 is 25.3 Å². The average molecular weight is 206 g/mol. The fourth-order valence-electron chi connectivity index (χ4n) is 1.30. The maximum absolute atomic E-state index is 4.61. The molecule has 0 rings (SSSR count). The second kappa shape index (κ2) is 3.45. The van der Waals surface area contributed by atoms with Crippen LogP contribution in [-0.4, -0.2) is 9.49 Å². The third kappa shape index (κ3) is 4.08. The third-order valence-electron chi connectivity index (χ3n) is 2.53. The van der Waals surface area contributed by atoms with Gasteiger partial charge in [-0.1, -0.05) is 41.5 Å². The van der Waals surface area contributed by atoms with Gasteiger partial charge < -0.3 is 0 Å². The first-order chi connectivity index (χ1) is 4.96. The van der Waals surface area contributed by atoms with Crippen LogP contribution < -0.4 is 0 Å². The molecule has 0 aliphatic carbocycles. The Kier molecular flexibility index (Phi) is 3.65. The summed E-state index contributed by atoms with van der Waals surface area (Å²) in [5.41, 5.74) is 0.210. The Balaban J connectivity index is 4.44. The lowest BCUT2D eigenvalue weighted by Crippen LogP contribution is -2.38. The van der Waals surface area contributed by atoms with Gasteiger partial charge in [-0.05, 0) is 11.8 Å². The Morgan fingerprint density at radius 3 is 1.25 bits per heavy atom. The van der Waals surface area contributed by atoms with Crippen LogP contribution in [0.5, 0.6) is 0 Å². The molecule has 0 aromatic heterocycles. The summed E-state index contributed by atoms with van der Waals surface area (Å²) < 4.78 is 0.135. The van der Waals surface area contributed by atoms with Gasteiger partial charge in [0.15, 0.2) is 0 Å². The fraction of sp³-hybridized carbons (Fsp3) is 1.00. The summed E-state index contributed by atoms with van der Waals surface area (Å²) in [6.45, 7) is 13.1. The van der Waals surface area contributed by atoms with Crippen LogP contribution in [0.15, 0.2) is 0 Å². The molecule has 2 heteroatoms. The summed E-state index contributed by atoms with van der Waals surface area (Å²) >= 11 is 9.16. The molecule has 0 nitrogen and oxygen atoms in total. The molecule has 0 bridgehead atoms. The molecule has 74 valence electrons. The van der Waals surface area contributed by atoms with E-state index >= 15 is 0 Å². The average Bonchev–Trinajstić information content (AvgIpc) is 1.52. The predicted molar refractivity (Wildman–Crippen MR) is 64.5 cm³/mol. The van der Waals surface area contributed by atoms with Crippen molar-refractivity contribution < 1.29 is 0 Å². The van der Waals surface area contributed by atoms with Gasteiger partial charge in [-0.25, -0.2) is 0 Å². The standard InChI is InChI=1S/C10H22S2/c1-8(2,10(5,6)12)7-9(3,4)11/h11-12H,7H2,1-6H3. The highest BCUT2D eigenvalue weighted by Crippen LogP contribution is 2.43. The molecule has 0 aliphatic rings. The molecule has 0 aromatic rings. The molecule has 0 saturated heterocycles. The van der Waals surface area contributed by atoms with E-state index in [1.165, 1.54) is 0 Å². The summed E-state index contributed by atoms with van der Waals surface area (Å²) in [6, 6.07) is 0. The first-order valence-corrected chi connectivity index (χ1v) is 5.30. The molecule has 0 saturated carbocycles. The lowest BCUT2D eigenvalue weighted by Gasteiger charge is -2.41. The minimum absolute atomic E-state index is 0.0486.